The van der Waals surface area contributed by atoms with Gasteiger partial charge in [0.15, 0.2) is 5.96 Å². The quantitative estimate of drug-likeness (QED) is 0.417. The van der Waals surface area contributed by atoms with Crippen molar-refractivity contribution in [2.24, 2.45) is 4.99 Å². The van der Waals surface area contributed by atoms with Gasteiger partial charge in [0.2, 0.25) is 0 Å². The highest BCUT2D eigenvalue weighted by Gasteiger charge is 1.99. The van der Waals surface area contributed by atoms with Gasteiger partial charge in [0.05, 0.1) is 6.61 Å². The fourth-order valence-electron chi connectivity index (χ4n) is 2.23. The van der Waals surface area contributed by atoms with Gasteiger partial charge in [-0.25, -0.2) is 4.39 Å². The summed E-state index contributed by atoms with van der Waals surface area (Å²) in [5, 5.41) is 6.55. The van der Waals surface area contributed by atoms with Crippen molar-refractivity contribution < 1.29 is 9.13 Å². The number of rotatable bonds is 9. The van der Waals surface area contributed by atoms with Crippen molar-refractivity contribution in [3.8, 4) is 5.75 Å². The standard InChI is InChI=1S/C19H25FN4O/c1-21-19(24-14-11-17-6-2-3-12-22-17)23-13-4-5-15-25-18-9-7-16(20)8-10-18/h2-3,6-10,12H,4-5,11,13-15H2,1H3,(H2,21,23,24). The smallest absolute Gasteiger partial charge is 0.190 e. The Bertz CT molecular complexity index is 632. The number of halogens is 1. The van der Waals surface area contributed by atoms with Crippen molar-refractivity contribution in [3.05, 3.63) is 60.2 Å². The molecule has 0 atom stereocenters. The minimum atomic E-state index is -0.251. The number of unbranched alkanes of at least 4 members (excludes halogenated alkanes) is 1. The van der Waals surface area contributed by atoms with E-state index in [4.69, 9.17) is 4.74 Å². The average molecular weight is 344 g/mol. The molecule has 5 nitrogen and oxygen atoms in total. The summed E-state index contributed by atoms with van der Waals surface area (Å²) < 4.78 is 18.3. The van der Waals surface area contributed by atoms with Gasteiger partial charge >= 0.3 is 0 Å². The molecule has 0 spiro atoms. The normalized spacial score (nSPS) is 11.2. The monoisotopic (exact) mass is 344 g/mol. The second kappa shape index (κ2) is 11.0. The summed E-state index contributed by atoms with van der Waals surface area (Å²) in [7, 11) is 1.76. The summed E-state index contributed by atoms with van der Waals surface area (Å²) in [4.78, 5) is 8.49. The van der Waals surface area contributed by atoms with Gasteiger partial charge in [0, 0.05) is 38.4 Å². The van der Waals surface area contributed by atoms with Crippen molar-refractivity contribution in [2.75, 3.05) is 26.7 Å². The van der Waals surface area contributed by atoms with Crippen molar-refractivity contribution in [1.82, 2.24) is 15.6 Å². The number of pyridine rings is 1. The van der Waals surface area contributed by atoms with Gasteiger partial charge in [-0.2, -0.15) is 0 Å². The Labute approximate surface area is 148 Å². The van der Waals surface area contributed by atoms with Crippen LogP contribution in [0.25, 0.3) is 0 Å². The van der Waals surface area contributed by atoms with Crippen LogP contribution in [0.3, 0.4) is 0 Å². The van der Waals surface area contributed by atoms with E-state index in [1.807, 2.05) is 18.2 Å². The average Bonchev–Trinajstić information content (AvgIpc) is 2.65. The van der Waals surface area contributed by atoms with Gasteiger partial charge in [-0.3, -0.25) is 9.98 Å². The predicted molar refractivity (Wildman–Crippen MR) is 98.4 cm³/mol. The van der Waals surface area contributed by atoms with Crippen LogP contribution in [0, 0.1) is 5.82 Å². The first kappa shape index (κ1) is 18.7. The first-order valence-electron chi connectivity index (χ1n) is 8.51. The molecule has 1 aromatic heterocycles. The van der Waals surface area contributed by atoms with Crippen LogP contribution in [0.2, 0.25) is 0 Å². The van der Waals surface area contributed by atoms with Gasteiger partial charge < -0.3 is 15.4 Å². The molecule has 0 fully saturated rings. The summed E-state index contributed by atoms with van der Waals surface area (Å²) in [6.45, 7) is 2.21. The summed E-state index contributed by atoms with van der Waals surface area (Å²) in [5.41, 5.74) is 1.06. The number of aromatic nitrogens is 1. The van der Waals surface area contributed by atoms with E-state index < -0.39 is 0 Å². The number of benzene rings is 1. The molecule has 0 radical (unpaired) electrons. The topological polar surface area (TPSA) is 58.5 Å². The molecule has 0 bridgehead atoms. The second-order valence-corrected chi connectivity index (χ2v) is 5.51. The molecule has 6 heteroatoms. The molecule has 2 N–H and O–H groups in total. The molecule has 0 amide bonds. The van der Waals surface area contributed by atoms with Gasteiger partial charge in [-0.1, -0.05) is 6.07 Å². The van der Waals surface area contributed by atoms with E-state index in [0.29, 0.717) is 12.4 Å². The second-order valence-electron chi connectivity index (χ2n) is 5.51. The third kappa shape index (κ3) is 7.65. The molecule has 25 heavy (non-hydrogen) atoms. The largest absolute Gasteiger partial charge is 0.494 e. The lowest BCUT2D eigenvalue weighted by molar-refractivity contribution is 0.306. The molecular weight excluding hydrogens is 319 g/mol. The van der Waals surface area contributed by atoms with E-state index in [-0.39, 0.29) is 5.82 Å². The first-order chi connectivity index (χ1) is 12.3. The Morgan fingerprint density at radius 3 is 2.60 bits per heavy atom. The minimum absolute atomic E-state index is 0.251. The predicted octanol–water partition coefficient (Wildman–Crippen LogP) is 2.79. The van der Waals surface area contributed by atoms with Crippen LogP contribution in [0.5, 0.6) is 5.75 Å². The SMILES string of the molecule is CN=C(NCCCCOc1ccc(F)cc1)NCCc1ccccn1. The van der Waals surface area contributed by atoms with Gasteiger partial charge in [0.25, 0.3) is 0 Å². The number of guanidine groups is 1. The van der Waals surface area contributed by atoms with Crippen molar-refractivity contribution in [2.45, 2.75) is 19.3 Å². The third-order valence-corrected chi connectivity index (χ3v) is 3.57. The maximum Gasteiger partial charge on any atom is 0.190 e. The van der Waals surface area contributed by atoms with Crippen LogP contribution in [0.15, 0.2) is 53.7 Å². The molecule has 1 aromatic carbocycles. The number of hydrogen-bond acceptors (Lipinski definition) is 3. The maximum atomic E-state index is 12.8. The van der Waals surface area contributed by atoms with Gasteiger partial charge in [-0.15, -0.1) is 0 Å². The highest BCUT2D eigenvalue weighted by atomic mass is 19.1. The Hall–Kier alpha value is -2.63. The number of hydrogen-bond donors (Lipinski definition) is 2. The number of nitrogens with zero attached hydrogens (tertiary/aromatic N) is 2. The zero-order chi connectivity index (χ0) is 17.7. The molecule has 0 aliphatic carbocycles. The molecule has 0 unspecified atom stereocenters. The fraction of sp³-hybridized carbons (Fsp3) is 0.368. The zero-order valence-electron chi connectivity index (χ0n) is 14.5. The Balaban J connectivity index is 1.53. The van der Waals surface area contributed by atoms with Crippen molar-refractivity contribution in [1.29, 1.82) is 0 Å². The molecule has 2 rings (SSSR count). The van der Waals surface area contributed by atoms with E-state index >= 15 is 0 Å². The lowest BCUT2D eigenvalue weighted by atomic mass is 10.3. The maximum absolute atomic E-state index is 12.8. The van der Waals surface area contributed by atoms with Gasteiger partial charge in [-0.05, 0) is 49.2 Å². The van der Waals surface area contributed by atoms with Crippen LogP contribution in [-0.4, -0.2) is 37.7 Å². The molecule has 2 aromatic rings. The van der Waals surface area contributed by atoms with Gasteiger partial charge in [0.1, 0.15) is 11.6 Å². The Morgan fingerprint density at radius 1 is 1.08 bits per heavy atom. The van der Waals surface area contributed by atoms with Crippen molar-refractivity contribution >= 4 is 5.96 Å². The molecule has 134 valence electrons. The Kier molecular flexibility index (Phi) is 8.24. The number of aliphatic imine (C=N–C) groups is 1. The molecule has 1 heterocycles. The number of ether oxygens (including phenoxy) is 1. The molecule has 0 aliphatic heterocycles. The van der Waals surface area contributed by atoms with E-state index in [1.54, 1.807) is 25.4 Å². The first-order valence-corrected chi connectivity index (χ1v) is 8.51. The fourth-order valence-corrected chi connectivity index (χ4v) is 2.23. The van der Waals surface area contributed by atoms with Crippen LogP contribution < -0.4 is 15.4 Å². The van der Waals surface area contributed by atoms with E-state index in [9.17, 15) is 4.39 Å². The van der Waals surface area contributed by atoms with E-state index in [1.165, 1.54) is 12.1 Å². The highest BCUT2D eigenvalue weighted by molar-refractivity contribution is 5.79. The number of nitrogens with one attached hydrogen (secondary N) is 2. The lowest BCUT2D eigenvalue weighted by Crippen LogP contribution is -2.38. The molecule has 0 aliphatic rings. The van der Waals surface area contributed by atoms with E-state index in [0.717, 1.165) is 44.0 Å². The third-order valence-electron chi connectivity index (χ3n) is 3.57. The summed E-state index contributed by atoms with van der Waals surface area (Å²) >= 11 is 0. The molecule has 0 saturated carbocycles. The van der Waals surface area contributed by atoms with Crippen molar-refractivity contribution in [3.63, 3.8) is 0 Å². The molecule has 0 saturated heterocycles. The lowest BCUT2D eigenvalue weighted by Gasteiger charge is -2.12. The summed E-state index contributed by atoms with van der Waals surface area (Å²) in [5.74, 6) is 1.23. The molecular formula is C19H25FN4O. The van der Waals surface area contributed by atoms with Crippen LogP contribution in [0.4, 0.5) is 4.39 Å². The Morgan fingerprint density at radius 2 is 1.88 bits per heavy atom. The van der Waals surface area contributed by atoms with Crippen LogP contribution in [0.1, 0.15) is 18.5 Å². The van der Waals surface area contributed by atoms with E-state index in [2.05, 4.69) is 20.6 Å². The highest BCUT2D eigenvalue weighted by Crippen LogP contribution is 2.11. The van der Waals surface area contributed by atoms with Crippen LogP contribution in [-0.2, 0) is 6.42 Å². The summed E-state index contributed by atoms with van der Waals surface area (Å²) in [6, 6.07) is 12.0. The summed E-state index contributed by atoms with van der Waals surface area (Å²) in [6.07, 6.45) is 4.53. The zero-order valence-corrected chi connectivity index (χ0v) is 14.5. The minimum Gasteiger partial charge on any atom is -0.494 e. The van der Waals surface area contributed by atoms with Crippen LogP contribution >= 0.6 is 0 Å².